The van der Waals surface area contributed by atoms with Crippen LogP contribution in [0.25, 0.3) is 0 Å². The maximum atomic E-state index is 12.2. The molecule has 7 heteroatoms. The van der Waals surface area contributed by atoms with Crippen molar-refractivity contribution in [1.82, 2.24) is 14.9 Å². The Morgan fingerprint density at radius 1 is 1.42 bits per heavy atom. The molecule has 1 aromatic carbocycles. The lowest BCUT2D eigenvalue weighted by Crippen LogP contribution is -2.26. The van der Waals surface area contributed by atoms with Gasteiger partial charge >= 0.3 is 0 Å². The van der Waals surface area contributed by atoms with Gasteiger partial charge in [-0.3, -0.25) is 5.10 Å². The van der Waals surface area contributed by atoms with Gasteiger partial charge in [0.2, 0.25) is 10.0 Å². The van der Waals surface area contributed by atoms with Crippen LogP contribution in [0.1, 0.15) is 11.1 Å². The van der Waals surface area contributed by atoms with Crippen molar-refractivity contribution >= 4 is 26.0 Å². The molecule has 0 bridgehead atoms. The first-order chi connectivity index (χ1) is 8.99. The topological polar surface area (TPSA) is 74.8 Å². The number of nitrogens with zero attached hydrogens (tertiary/aromatic N) is 1. The van der Waals surface area contributed by atoms with E-state index in [2.05, 4.69) is 30.8 Å². The summed E-state index contributed by atoms with van der Waals surface area (Å²) in [6.07, 6.45) is 4.02. The van der Waals surface area contributed by atoms with E-state index in [0.29, 0.717) is 17.4 Å². The zero-order valence-electron chi connectivity index (χ0n) is 10.4. The zero-order valence-corrected chi connectivity index (χ0v) is 12.8. The van der Waals surface area contributed by atoms with Gasteiger partial charge < -0.3 is 0 Å². The van der Waals surface area contributed by atoms with E-state index in [0.717, 1.165) is 11.1 Å². The predicted molar refractivity (Wildman–Crippen MR) is 76.4 cm³/mol. The van der Waals surface area contributed by atoms with Crippen LogP contribution in [0.5, 0.6) is 0 Å². The van der Waals surface area contributed by atoms with Crippen LogP contribution in [-0.4, -0.2) is 25.2 Å². The Labute approximate surface area is 120 Å². The number of H-pyrrole nitrogens is 1. The predicted octanol–water partition coefficient (Wildman–Crippen LogP) is 2.00. The SMILES string of the molecule is Cc1ccc(Br)c(S(=O)(=O)NCCc2cn[nH]c2)c1. The fraction of sp³-hybridized carbons (Fsp3) is 0.250. The van der Waals surface area contributed by atoms with E-state index in [1.807, 2.05) is 13.0 Å². The highest BCUT2D eigenvalue weighted by Gasteiger charge is 2.17. The molecule has 0 aliphatic rings. The van der Waals surface area contributed by atoms with Crippen molar-refractivity contribution in [3.8, 4) is 0 Å². The largest absolute Gasteiger partial charge is 0.285 e. The molecule has 19 heavy (non-hydrogen) atoms. The smallest absolute Gasteiger partial charge is 0.241 e. The molecule has 0 fully saturated rings. The number of hydrogen-bond acceptors (Lipinski definition) is 3. The van der Waals surface area contributed by atoms with Crippen molar-refractivity contribution in [2.24, 2.45) is 0 Å². The monoisotopic (exact) mass is 343 g/mol. The van der Waals surface area contributed by atoms with E-state index in [9.17, 15) is 8.42 Å². The summed E-state index contributed by atoms with van der Waals surface area (Å²) in [5.74, 6) is 0. The van der Waals surface area contributed by atoms with E-state index >= 15 is 0 Å². The first-order valence-electron chi connectivity index (χ1n) is 5.72. The van der Waals surface area contributed by atoms with Crippen LogP contribution >= 0.6 is 15.9 Å². The third-order valence-electron chi connectivity index (χ3n) is 2.64. The third-order valence-corrected chi connectivity index (χ3v) is 5.09. The molecule has 0 amide bonds. The molecule has 5 nitrogen and oxygen atoms in total. The molecule has 0 aliphatic carbocycles. The van der Waals surface area contributed by atoms with Crippen LogP contribution in [0.15, 0.2) is 40.0 Å². The maximum Gasteiger partial charge on any atom is 0.241 e. The first kappa shape index (κ1) is 14.2. The van der Waals surface area contributed by atoms with Gasteiger partial charge in [0, 0.05) is 17.2 Å². The minimum atomic E-state index is -3.49. The molecule has 0 aliphatic heterocycles. The molecule has 0 atom stereocenters. The van der Waals surface area contributed by atoms with E-state index in [1.165, 1.54) is 0 Å². The van der Waals surface area contributed by atoms with Crippen molar-refractivity contribution in [3.05, 3.63) is 46.2 Å². The molecule has 2 N–H and O–H groups in total. The fourth-order valence-electron chi connectivity index (χ4n) is 1.64. The lowest BCUT2D eigenvalue weighted by atomic mass is 10.2. The zero-order chi connectivity index (χ0) is 13.9. The van der Waals surface area contributed by atoms with Gasteiger partial charge in [-0.25, -0.2) is 13.1 Å². The third kappa shape index (κ3) is 3.65. The molecule has 102 valence electrons. The Morgan fingerprint density at radius 2 is 2.21 bits per heavy atom. The van der Waals surface area contributed by atoms with E-state index < -0.39 is 10.0 Å². The van der Waals surface area contributed by atoms with E-state index in [4.69, 9.17) is 0 Å². The van der Waals surface area contributed by atoms with Gasteiger partial charge in [0.1, 0.15) is 0 Å². The number of aryl methyl sites for hydroxylation is 1. The summed E-state index contributed by atoms with van der Waals surface area (Å²) < 4.78 is 27.5. The Hall–Kier alpha value is -1.18. The molecule has 1 heterocycles. The molecule has 2 aromatic rings. The second-order valence-corrected chi connectivity index (χ2v) is 6.78. The van der Waals surface area contributed by atoms with Crippen LogP contribution in [0.2, 0.25) is 0 Å². The van der Waals surface area contributed by atoms with Gasteiger partial charge in [-0.1, -0.05) is 6.07 Å². The highest BCUT2D eigenvalue weighted by molar-refractivity contribution is 9.10. The number of nitrogens with one attached hydrogen (secondary N) is 2. The second kappa shape index (κ2) is 5.85. The molecular formula is C12H14BrN3O2S. The second-order valence-electron chi connectivity index (χ2n) is 4.19. The van der Waals surface area contributed by atoms with Crippen molar-refractivity contribution in [1.29, 1.82) is 0 Å². The van der Waals surface area contributed by atoms with Crippen molar-refractivity contribution in [3.63, 3.8) is 0 Å². The van der Waals surface area contributed by atoms with Gasteiger partial charge in [-0.05, 0) is 52.5 Å². The van der Waals surface area contributed by atoms with Crippen molar-refractivity contribution < 1.29 is 8.42 Å². The van der Waals surface area contributed by atoms with Gasteiger partial charge in [0.05, 0.1) is 11.1 Å². The molecular weight excluding hydrogens is 330 g/mol. The van der Waals surface area contributed by atoms with Crippen LogP contribution in [0.4, 0.5) is 0 Å². The molecule has 0 radical (unpaired) electrons. The Bertz CT molecular complexity index is 654. The van der Waals surface area contributed by atoms with E-state index in [1.54, 1.807) is 24.5 Å². The molecule has 0 unspecified atom stereocenters. The van der Waals surface area contributed by atoms with Crippen LogP contribution < -0.4 is 4.72 Å². The summed E-state index contributed by atoms with van der Waals surface area (Å²) in [7, 11) is -3.49. The number of rotatable bonds is 5. The first-order valence-corrected chi connectivity index (χ1v) is 8.00. The summed E-state index contributed by atoms with van der Waals surface area (Å²) in [4.78, 5) is 0.264. The maximum absolute atomic E-state index is 12.2. The number of benzene rings is 1. The summed E-state index contributed by atoms with van der Waals surface area (Å²) in [5, 5.41) is 6.50. The van der Waals surface area contributed by atoms with Gasteiger partial charge in [0.15, 0.2) is 0 Å². The highest BCUT2D eigenvalue weighted by Crippen LogP contribution is 2.22. The van der Waals surface area contributed by atoms with Crippen LogP contribution in [0, 0.1) is 6.92 Å². The minimum Gasteiger partial charge on any atom is -0.285 e. The van der Waals surface area contributed by atoms with Gasteiger partial charge in [0.25, 0.3) is 0 Å². The van der Waals surface area contributed by atoms with Crippen LogP contribution in [0.3, 0.4) is 0 Å². The Balaban J connectivity index is 2.07. The van der Waals surface area contributed by atoms with Crippen molar-refractivity contribution in [2.75, 3.05) is 6.54 Å². The molecule has 0 saturated carbocycles. The summed E-state index contributed by atoms with van der Waals surface area (Å²) in [6, 6.07) is 5.23. The summed E-state index contributed by atoms with van der Waals surface area (Å²) in [6.45, 7) is 2.19. The van der Waals surface area contributed by atoms with Crippen LogP contribution in [-0.2, 0) is 16.4 Å². The van der Waals surface area contributed by atoms with Gasteiger partial charge in [-0.15, -0.1) is 0 Å². The molecule has 1 aromatic heterocycles. The summed E-state index contributed by atoms with van der Waals surface area (Å²) in [5.41, 5.74) is 1.87. The fourth-order valence-corrected chi connectivity index (χ4v) is 3.72. The average molecular weight is 344 g/mol. The number of aromatic amines is 1. The molecule has 2 rings (SSSR count). The standard InChI is InChI=1S/C12H14BrN3O2S/c1-9-2-3-11(13)12(6-9)19(17,18)16-5-4-10-7-14-15-8-10/h2-3,6-8,16H,4-5H2,1H3,(H,14,15). The van der Waals surface area contributed by atoms with Crippen molar-refractivity contribution in [2.45, 2.75) is 18.2 Å². The minimum absolute atomic E-state index is 0.264. The normalized spacial score (nSPS) is 11.7. The molecule has 0 spiro atoms. The highest BCUT2D eigenvalue weighted by atomic mass is 79.9. The lowest BCUT2D eigenvalue weighted by Gasteiger charge is -2.08. The molecule has 0 saturated heterocycles. The Morgan fingerprint density at radius 3 is 2.89 bits per heavy atom. The average Bonchev–Trinajstić information content (AvgIpc) is 2.85. The quantitative estimate of drug-likeness (QED) is 0.871. The van der Waals surface area contributed by atoms with E-state index in [-0.39, 0.29) is 4.90 Å². The summed E-state index contributed by atoms with van der Waals surface area (Å²) >= 11 is 3.26. The number of sulfonamides is 1. The number of hydrogen-bond donors (Lipinski definition) is 2. The Kier molecular flexibility index (Phi) is 4.38. The van der Waals surface area contributed by atoms with Gasteiger partial charge in [-0.2, -0.15) is 5.10 Å². The number of aromatic nitrogens is 2. The lowest BCUT2D eigenvalue weighted by molar-refractivity contribution is 0.581. The number of halogens is 1.